The van der Waals surface area contributed by atoms with E-state index >= 15 is 0 Å². The minimum atomic E-state index is 0.634. The van der Waals surface area contributed by atoms with E-state index in [1.165, 1.54) is 12.8 Å². The maximum Gasteiger partial charge on any atom is 0.139 e. The summed E-state index contributed by atoms with van der Waals surface area (Å²) in [7, 11) is 0. The molecule has 0 amide bonds. The van der Waals surface area contributed by atoms with Crippen LogP contribution in [0.2, 0.25) is 5.02 Å². The molecule has 1 fully saturated rings. The third-order valence-electron chi connectivity index (χ3n) is 2.13. The quantitative estimate of drug-likeness (QED) is 0.757. The third-order valence-corrected chi connectivity index (χ3v) is 2.44. The fraction of sp³-hybridized carbons (Fsp3) is 0.400. The molecule has 1 aromatic rings. The zero-order valence-corrected chi connectivity index (χ0v) is 8.05. The van der Waals surface area contributed by atoms with Crippen molar-refractivity contribution in [3.05, 3.63) is 23.2 Å². The molecule has 3 heteroatoms. The second-order valence-corrected chi connectivity index (χ2v) is 3.85. The summed E-state index contributed by atoms with van der Waals surface area (Å²) in [6.45, 7) is 0.767. The van der Waals surface area contributed by atoms with Gasteiger partial charge < -0.3 is 10.5 Å². The standard InChI is InChI=1S/C10H12ClNO/c11-9-4-3-8(12)5-10(9)13-6-7-1-2-7/h3-5,7H,1-2,6,12H2. The van der Waals surface area contributed by atoms with Crippen LogP contribution >= 0.6 is 11.6 Å². The molecule has 0 saturated heterocycles. The van der Waals surface area contributed by atoms with Crippen molar-refractivity contribution >= 4 is 17.3 Å². The van der Waals surface area contributed by atoms with Gasteiger partial charge in [-0.05, 0) is 30.9 Å². The van der Waals surface area contributed by atoms with E-state index in [-0.39, 0.29) is 0 Å². The van der Waals surface area contributed by atoms with Gasteiger partial charge in [-0.3, -0.25) is 0 Å². The van der Waals surface area contributed by atoms with Gasteiger partial charge >= 0.3 is 0 Å². The highest BCUT2D eigenvalue weighted by molar-refractivity contribution is 6.32. The van der Waals surface area contributed by atoms with Gasteiger partial charge in [0.1, 0.15) is 5.75 Å². The highest BCUT2D eigenvalue weighted by Gasteiger charge is 2.22. The van der Waals surface area contributed by atoms with E-state index in [4.69, 9.17) is 22.1 Å². The van der Waals surface area contributed by atoms with Crippen molar-refractivity contribution < 1.29 is 4.74 Å². The first kappa shape index (κ1) is 8.70. The number of halogens is 1. The van der Waals surface area contributed by atoms with Crippen LogP contribution < -0.4 is 10.5 Å². The van der Waals surface area contributed by atoms with Gasteiger partial charge in [-0.2, -0.15) is 0 Å². The van der Waals surface area contributed by atoms with E-state index in [1.54, 1.807) is 18.2 Å². The molecule has 0 aromatic heterocycles. The van der Waals surface area contributed by atoms with Crippen LogP contribution in [-0.4, -0.2) is 6.61 Å². The second-order valence-electron chi connectivity index (χ2n) is 3.44. The molecule has 2 N–H and O–H groups in total. The van der Waals surface area contributed by atoms with Crippen molar-refractivity contribution in [2.45, 2.75) is 12.8 Å². The number of anilines is 1. The maximum atomic E-state index is 5.92. The van der Waals surface area contributed by atoms with Gasteiger partial charge in [0, 0.05) is 11.8 Å². The Morgan fingerprint density at radius 3 is 2.92 bits per heavy atom. The SMILES string of the molecule is Nc1ccc(Cl)c(OCC2CC2)c1. The van der Waals surface area contributed by atoms with E-state index in [9.17, 15) is 0 Å². The molecule has 1 aromatic carbocycles. The number of nitrogen functional groups attached to an aromatic ring is 1. The lowest BCUT2D eigenvalue weighted by Crippen LogP contribution is -1.99. The van der Waals surface area contributed by atoms with Crippen molar-refractivity contribution in [3.63, 3.8) is 0 Å². The zero-order chi connectivity index (χ0) is 9.26. The first-order valence-corrected chi connectivity index (χ1v) is 4.81. The lowest BCUT2D eigenvalue weighted by molar-refractivity contribution is 0.300. The van der Waals surface area contributed by atoms with Gasteiger partial charge in [-0.25, -0.2) is 0 Å². The highest BCUT2D eigenvalue weighted by Crippen LogP contribution is 2.32. The van der Waals surface area contributed by atoms with E-state index in [2.05, 4.69) is 0 Å². The monoisotopic (exact) mass is 197 g/mol. The van der Waals surface area contributed by atoms with Crippen LogP contribution in [0.3, 0.4) is 0 Å². The van der Waals surface area contributed by atoms with E-state index in [1.807, 2.05) is 0 Å². The Hall–Kier alpha value is -0.890. The van der Waals surface area contributed by atoms with E-state index in [0.717, 1.165) is 12.5 Å². The third kappa shape index (κ3) is 2.28. The largest absolute Gasteiger partial charge is 0.492 e. The summed E-state index contributed by atoms with van der Waals surface area (Å²) in [4.78, 5) is 0. The lowest BCUT2D eigenvalue weighted by Gasteiger charge is -2.07. The molecule has 0 bridgehead atoms. The van der Waals surface area contributed by atoms with Gasteiger partial charge in [0.2, 0.25) is 0 Å². The van der Waals surface area contributed by atoms with Crippen LogP contribution in [-0.2, 0) is 0 Å². The molecular formula is C10H12ClNO. The average Bonchev–Trinajstić information content (AvgIpc) is 2.90. The molecule has 0 aliphatic heterocycles. The molecule has 0 heterocycles. The summed E-state index contributed by atoms with van der Waals surface area (Å²) < 4.78 is 5.53. The van der Waals surface area contributed by atoms with Gasteiger partial charge in [-0.15, -0.1) is 0 Å². The topological polar surface area (TPSA) is 35.2 Å². The van der Waals surface area contributed by atoms with E-state index < -0.39 is 0 Å². The van der Waals surface area contributed by atoms with Crippen molar-refractivity contribution in [2.24, 2.45) is 5.92 Å². The number of rotatable bonds is 3. The molecule has 0 radical (unpaired) electrons. The average molecular weight is 198 g/mol. The molecule has 0 spiro atoms. The van der Waals surface area contributed by atoms with E-state index in [0.29, 0.717) is 16.5 Å². The molecule has 1 aliphatic carbocycles. The van der Waals surface area contributed by atoms with Gasteiger partial charge in [0.05, 0.1) is 11.6 Å². The predicted molar refractivity (Wildman–Crippen MR) is 54.1 cm³/mol. The van der Waals surface area contributed by atoms with Crippen molar-refractivity contribution in [3.8, 4) is 5.75 Å². The van der Waals surface area contributed by atoms with Crippen LogP contribution in [0.1, 0.15) is 12.8 Å². The smallest absolute Gasteiger partial charge is 0.139 e. The molecule has 0 atom stereocenters. The second kappa shape index (κ2) is 3.46. The van der Waals surface area contributed by atoms with Gasteiger partial charge in [0.15, 0.2) is 0 Å². The van der Waals surface area contributed by atoms with Crippen molar-refractivity contribution in [1.82, 2.24) is 0 Å². The van der Waals surface area contributed by atoms with Crippen LogP contribution in [0.25, 0.3) is 0 Å². The Balaban J connectivity index is 2.03. The lowest BCUT2D eigenvalue weighted by atomic mass is 10.3. The minimum Gasteiger partial charge on any atom is -0.492 e. The zero-order valence-electron chi connectivity index (χ0n) is 7.29. The molecule has 1 aliphatic rings. The first-order valence-electron chi connectivity index (χ1n) is 4.43. The summed E-state index contributed by atoms with van der Waals surface area (Å²) >= 11 is 5.92. The Kier molecular flexibility index (Phi) is 2.32. The molecule has 2 nitrogen and oxygen atoms in total. The summed E-state index contributed by atoms with van der Waals surface area (Å²) in [6.07, 6.45) is 2.56. The minimum absolute atomic E-state index is 0.634. The van der Waals surface area contributed by atoms with Gasteiger partial charge in [-0.1, -0.05) is 11.6 Å². The molecule has 13 heavy (non-hydrogen) atoms. The first-order chi connectivity index (χ1) is 6.25. The Labute approximate surface area is 82.6 Å². The summed E-state index contributed by atoms with van der Waals surface area (Å²) in [6, 6.07) is 5.30. The van der Waals surface area contributed by atoms with Crippen LogP contribution in [0.5, 0.6) is 5.75 Å². The fourth-order valence-electron chi connectivity index (χ4n) is 1.12. The van der Waals surface area contributed by atoms with Crippen LogP contribution in [0.15, 0.2) is 18.2 Å². The number of benzene rings is 1. The Bertz CT molecular complexity index is 310. The summed E-state index contributed by atoms with van der Waals surface area (Å²) in [5, 5.41) is 0.634. The molecule has 0 unspecified atom stereocenters. The molecule has 1 saturated carbocycles. The molecular weight excluding hydrogens is 186 g/mol. The highest BCUT2D eigenvalue weighted by atomic mass is 35.5. The van der Waals surface area contributed by atoms with Gasteiger partial charge in [0.25, 0.3) is 0 Å². The number of ether oxygens (including phenoxy) is 1. The normalized spacial score (nSPS) is 15.8. The fourth-order valence-corrected chi connectivity index (χ4v) is 1.29. The Morgan fingerprint density at radius 2 is 2.23 bits per heavy atom. The van der Waals surface area contributed by atoms with Crippen LogP contribution in [0.4, 0.5) is 5.69 Å². The van der Waals surface area contributed by atoms with Crippen LogP contribution in [0, 0.1) is 5.92 Å². The van der Waals surface area contributed by atoms with Crippen molar-refractivity contribution in [2.75, 3.05) is 12.3 Å². The number of hydrogen-bond donors (Lipinski definition) is 1. The predicted octanol–water partition coefficient (Wildman–Crippen LogP) is 2.71. The molecule has 2 rings (SSSR count). The van der Waals surface area contributed by atoms with Crippen molar-refractivity contribution in [1.29, 1.82) is 0 Å². The summed E-state index contributed by atoms with van der Waals surface area (Å²) in [5.41, 5.74) is 6.30. The Morgan fingerprint density at radius 1 is 1.46 bits per heavy atom. The summed E-state index contributed by atoms with van der Waals surface area (Å²) in [5.74, 6) is 1.44. The maximum absolute atomic E-state index is 5.92. The number of nitrogens with two attached hydrogens (primary N) is 1. The number of hydrogen-bond acceptors (Lipinski definition) is 2. The molecule has 70 valence electrons.